The number of aliphatic hydroxyl groups excluding tert-OH is 2. The van der Waals surface area contributed by atoms with Crippen molar-refractivity contribution in [2.24, 2.45) is 0 Å². The van der Waals surface area contributed by atoms with Crippen LogP contribution in [0, 0.1) is 0 Å². The summed E-state index contributed by atoms with van der Waals surface area (Å²) in [6.07, 6.45) is 36.5. The maximum atomic E-state index is 12.2. The molecular weight excluding hydrogens is 458 g/mol. The van der Waals surface area contributed by atoms with Crippen molar-refractivity contribution in [3.05, 3.63) is 36.5 Å². The molecule has 0 rings (SSSR count). The van der Waals surface area contributed by atoms with Crippen molar-refractivity contribution in [1.82, 2.24) is 5.32 Å². The number of allylic oxidation sites excluding steroid dienone is 5. The van der Waals surface area contributed by atoms with Gasteiger partial charge in [-0.05, 0) is 44.9 Å². The normalized spacial score (nSPS) is 13.7. The Kier molecular flexibility index (Phi) is 28.1. The SMILES string of the molecule is CCCCCCCC/C=C/C=C/[C@@H](O)[C@H](CO)NC(=O)CCCCCCC/C=C/CCCCCCCC. The first-order valence-electron chi connectivity index (χ1n) is 15.7. The summed E-state index contributed by atoms with van der Waals surface area (Å²) in [5, 5.41) is 22.6. The molecule has 0 aromatic carbocycles. The molecule has 0 saturated heterocycles. The molecule has 4 nitrogen and oxygen atoms in total. The van der Waals surface area contributed by atoms with Gasteiger partial charge in [0.15, 0.2) is 0 Å². The van der Waals surface area contributed by atoms with E-state index >= 15 is 0 Å². The highest BCUT2D eigenvalue weighted by atomic mass is 16.3. The van der Waals surface area contributed by atoms with Crippen LogP contribution in [0.5, 0.6) is 0 Å². The highest BCUT2D eigenvalue weighted by molar-refractivity contribution is 5.76. The summed E-state index contributed by atoms with van der Waals surface area (Å²) in [6.45, 7) is 4.22. The Morgan fingerprint density at radius 3 is 1.62 bits per heavy atom. The molecule has 4 heteroatoms. The van der Waals surface area contributed by atoms with Crippen LogP contribution in [0.3, 0.4) is 0 Å². The van der Waals surface area contributed by atoms with E-state index in [0.29, 0.717) is 6.42 Å². The van der Waals surface area contributed by atoms with Gasteiger partial charge in [-0.1, -0.05) is 134 Å². The van der Waals surface area contributed by atoms with Crippen LogP contribution in [-0.2, 0) is 4.79 Å². The van der Waals surface area contributed by atoms with Crippen LogP contribution < -0.4 is 5.32 Å². The molecule has 0 unspecified atom stereocenters. The van der Waals surface area contributed by atoms with Crippen molar-refractivity contribution in [3.63, 3.8) is 0 Å². The summed E-state index contributed by atoms with van der Waals surface area (Å²) in [6, 6.07) is -0.654. The Labute approximate surface area is 230 Å². The zero-order valence-corrected chi connectivity index (χ0v) is 24.5. The van der Waals surface area contributed by atoms with Crippen molar-refractivity contribution < 1.29 is 15.0 Å². The fraction of sp³-hybridized carbons (Fsp3) is 0.788. The second-order valence-electron chi connectivity index (χ2n) is 10.6. The molecule has 0 aliphatic carbocycles. The van der Waals surface area contributed by atoms with E-state index in [1.165, 1.54) is 96.3 Å². The lowest BCUT2D eigenvalue weighted by Gasteiger charge is -2.19. The van der Waals surface area contributed by atoms with Gasteiger partial charge in [0, 0.05) is 6.42 Å². The fourth-order valence-corrected chi connectivity index (χ4v) is 4.40. The molecule has 0 aliphatic rings. The van der Waals surface area contributed by atoms with Gasteiger partial charge in [0.2, 0.25) is 5.91 Å². The van der Waals surface area contributed by atoms with Gasteiger partial charge in [-0.3, -0.25) is 4.79 Å². The monoisotopic (exact) mass is 519 g/mol. The Bertz CT molecular complexity index is 570. The molecule has 1 amide bonds. The Balaban J connectivity index is 3.74. The zero-order valence-electron chi connectivity index (χ0n) is 24.5. The quantitative estimate of drug-likeness (QED) is 0.0577. The molecule has 0 heterocycles. The molecule has 0 radical (unpaired) electrons. The molecule has 0 fully saturated rings. The van der Waals surface area contributed by atoms with Crippen LogP contribution in [-0.4, -0.2) is 34.9 Å². The van der Waals surface area contributed by atoms with E-state index in [9.17, 15) is 15.0 Å². The number of rotatable bonds is 27. The minimum Gasteiger partial charge on any atom is -0.394 e. The molecule has 216 valence electrons. The van der Waals surface area contributed by atoms with E-state index in [0.717, 1.165) is 32.1 Å². The number of unbranched alkanes of at least 4 members (excludes halogenated alkanes) is 17. The number of hydrogen-bond donors (Lipinski definition) is 3. The predicted molar refractivity (Wildman–Crippen MR) is 161 cm³/mol. The topological polar surface area (TPSA) is 69.6 Å². The van der Waals surface area contributed by atoms with Gasteiger partial charge in [-0.25, -0.2) is 0 Å². The molecule has 0 spiro atoms. The van der Waals surface area contributed by atoms with Crippen molar-refractivity contribution in [2.45, 2.75) is 161 Å². The largest absolute Gasteiger partial charge is 0.394 e. The van der Waals surface area contributed by atoms with Crippen LogP contribution in [0.1, 0.15) is 149 Å². The van der Waals surface area contributed by atoms with Crippen LogP contribution in [0.15, 0.2) is 36.5 Å². The summed E-state index contributed by atoms with van der Waals surface area (Å²) < 4.78 is 0. The van der Waals surface area contributed by atoms with E-state index < -0.39 is 12.1 Å². The van der Waals surface area contributed by atoms with Crippen molar-refractivity contribution in [1.29, 1.82) is 0 Å². The zero-order chi connectivity index (χ0) is 27.2. The third-order valence-corrected chi connectivity index (χ3v) is 6.90. The average molecular weight is 520 g/mol. The van der Waals surface area contributed by atoms with Crippen LogP contribution in [0.25, 0.3) is 0 Å². The number of aliphatic hydroxyl groups is 2. The molecule has 0 saturated carbocycles. The Morgan fingerprint density at radius 1 is 0.649 bits per heavy atom. The van der Waals surface area contributed by atoms with Gasteiger partial charge >= 0.3 is 0 Å². The summed E-state index contributed by atoms with van der Waals surface area (Å²) in [5.41, 5.74) is 0. The molecule has 2 atom stereocenters. The summed E-state index contributed by atoms with van der Waals surface area (Å²) in [4.78, 5) is 12.2. The fourth-order valence-electron chi connectivity index (χ4n) is 4.40. The van der Waals surface area contributed by atoms with E-state index in [2.05, 4.69) is 37.4 Å². The van der Waals surface area contributed by atoms with E-state index in [4.69, 9.17) is 0 Å². The molecule has 0 aromatic heterocycles. The van der Waals surface area contributed by atoms with Crippen molar-refractivity contribution in [2.75, 3.05) is 6.61 Å². The van der Waals surface area contributed by atoms with E-state index in [1.54, 1.807) is 12.2 Å². The number of carbonyl (C=O) groups excluding carboxylic acids is 1. The molecule has 3 N–H and O–H groups in total. The van der Waals surface area contributed by atoms with Crippen LogP contribution in [0.2, 0.25) is 0 Å². The minimum absolute atomic E-state index is 0.0947. The molecule has 0 aliphatic heterocycles. The second kappa shape index (κ2) is 29.2. The number of carbonyl (C=O) groups is 1. The molecule has 0 aromatic rings. The second-order valence-corrected chi connectivity index (χ2v) is 10.6. The lowest BCUT2D eigenvalue weighted by atomic mass is 10.1. The van der Waals surface area contributed by atoms with Crippen molar-refractivity contribution >= 4 is 5.91 Å². The van der Waals surface area contributed by atoms with Gasteiger partial charge in [0.25, 0.3) is 0 Å². The third-order valence-electron chi connectivity index (χ3n) is 6.90. The number of nitrogens with one attached hydrogen (secondary N) is 1. The van der Waals surface area contributed by atoms with Crippen LogP contribution >= 0.6 is 0 Å². The number of amides is 1. The van der Waals surface area contributed by atoms with Gasteiger partial charge in [-0.15, -0.1) is 0 Å². The van der Waals surface area contributed by atoms with E-state index in [-0.39, 0.29) is 12.5 Å². The summed E-state index contributed by atoms with van der Waals surface area (Å²) in [7, 11) is 0. The molecule has 37 heavy (non-hydrogen) atoms. The average Bonchev–Trinajstić information content (AvgIpc) is 2.90. The maximum Gasteiger partial charge on any atom is 0.220 e. The molecule has 0 bridgehead atoms. The van der Waals surface area contributed by atoms with Crippen LogP contribution in [0.4, 0.5) is 0 Å². The minimum atomic E-state index is -0.887. The van der Waals surface area contributed by atoms with Crippen molar-refractivity contribution in [3.8, 4) is 0 Å². The lowest BCUT2D eigenvalue weighted by molar-refractivity contribution is -0.123. The number of hydrogen-bond acceptors (Lipinski definition) is 3. The first kappa shape index (κ1) is 35.6. The van der Waals surface area contributed by atoms with E-state index in [1.807, 2.05) is 6.08 Å². The Morgan fingerprint density at radius 2 is 1.11 bits per heavy atom. The standard InChI is InChI=1S/C33H61NO3/c1-3-5-7-9-11-13-15-16-17-18-19-21-23-25-27-29-33(37)34-31(30-35)32(36)28-26-24-22-20-14-12-10-8-6-4-2/h16-17,22,24,26,28,31-32,35-36H,3-15,18-21,23,25,27,29-30H2,1-2H3,(H,34,37)/b17-16+,24-22+,28-26+/t31-,32+/m0/s1. The Hall–Kier alpha value is -1.39. The highest BCUT2D eigenvalue weighted by Crippen LogP contribution is 2.10. The van der Waals surface area contributed by atoms with Gasteiger partial charge in [-0.2, -0.15) is 0 Å². The summed E-state index contributed by atoms with van der Waals surface area (Å²) in [5.74, 6) is -0.0947. The molecular formula is C33H61NO3. The van der Waals surface area contributed by atoms with Gasteiger partial charge < -0.3 is 15.5 Å². The lowest BCUT2D eigenvalue weighted by Crippen LogP contribution is -2.45. The first-order chi connectivity index (χ1) is 18.2. The first-order valence-corrected chi connectivity index (χ1v) is 15.7. The summed E-state index contributed by atoms with van der Waals surface area (Å²) >= 11 is 0. The highest BCUT2D eigenvalue weighted by Gasteiger charge is 2.17. The van der Waals surface area contributed by atoms with Gasteiger partial charge in [0.05, 0.1) is 18.8 Å². The van der Waals surface area contributed by atoms with Gasteiger partial charge in [0.1, 0.15) is 0 Å². The predicted octanol–water partition coefficient (Wildman–Crippen LogP) is 8.72. The maximum absolute atomic E-state index is 12.2. The third kappa shape index (κ3) is 26.0. The smallest absolute Gasteiger partial charge is 0.220 e.